The third-order valence-corrected chi connectivity index (χ3v) is 2.47. The summed E-state index contributed by atoms with van der Waals surface area (Å²) < 4.78 is 5.06. The predicted octanol–water partition coefficient (Wildman–Crippen LogP) is 1.64. The third kappa shape index (κ3) is 4.54. The van der Waals surface area contributed by atoms with Crippen molar-refractivity contribution >= 4 is 5.96 Å². The summed E-state index contributed by atoms with van der Waals surface area (Å²) in [5, 5.41) is 16.2. The molecule has 0 amide bonds. The summed E-state index contributed by atoms with van der Waals surface area (Å²) in [6, 6.07) is 5.36. The molecule has 0 bridgehead atoms. The number of para-hydroxylation sites is 1. The lowest BCUT2D eigenvalue weighted by molar-refractivity contribution is 0.370. The monoisotopic (exact) mass is 263 g/mol. The van der Waals surface area contributed by atoms with Crippen molar-refractivity contribution in [2.24, 2.45) is 4.99 Å². The molecule has 0 fully saturated rings. The highest BCUT2D eigenvalue weighted by Crippen LogP contribution is 2.29. The second-order valence-corrected chi connectivity index (χ2v) is 3.83. The van der Waals surface area contributed by atoms with Gasteiger partial charge in [-0.1, -0.05) is 18.2 Å². The number of rotatable bonds is 6. The lowest BCUT2D eigenvalue weighted by Gasteiger charge is -2.10. The smallest absolute Gasteiger partial charge is 0.191 e. The summed E-state index contributed by atoms with van der Waals surface area (Å²) in [5.41, 5.74) is 0.718. The molecule has 0 aliphatic rings. The number of hydrogen-bond donors (Lipinski definition) is 3. The van der Waals surface area contributed by atoms with E-state index in [9.17, 15) is 5.11 Å². The first kappa shape index (κ1) is 14.9. The lowest BCUT2D eigenvalue weighted by atomic mass is 10.2. The number of hydrogen-bond acceptors (Lipinski definition) is 3. The average Bonchev–Trinajstić information content (AvgIpc) is 2.43. The largest absolute Gasteiger partial charge is 0.504 e. The lowest BCUT2D eigenvalue weighted by Crippen LogP contribution is -2.37. The molecule has 1 aromatic rings. The first-order valence-corrected chi connectivity index (χ1v) is 6.20. The molecule has 0 spiro atoms. The standard InChI is InChI=1S/C14H21N3O2/c1-4-9-16-14(15-5-2)17-10-11-7-6-8-12(19-3)13(11)18/h4,6-8,18H,1,5,9-10H2,2-3H3,(H2,15,16,17). The van der Waals surface area contributed by atoms with Crippen molar-refractivity contribution in [1.29, 1.82) is 0 Å². The van der Waals surface area contributed by atoms with E-state index in [1.165, 1.54) is 7.11 Å². The minimum atomic E-state index is 0.133. The molecular formula is C14H21N3O2. The van der Waals surface area contributed by atoms with Crippen LogP contribution < -0.4 is 15.4 Å². The van der Waals surface area contributed by atoms with E-state index in [0.717, 1.165) is 12.1 Å². The van der Waals surface area contributed by atoms with Crippen LogP contribution in [0.3, 0.4) is 0 Å². The fourth-order valence-corrected chi connectivity index (χ4v) is 1.53. The van der Waals surface area contributed by atoms with Crippen LogP contribution in [-0.2, 0) is 6.54 Å². The molecule has 3 N–H and O–H groups in total. The van der Waals surface area contributed by atoms with Crippen molar-refractivity contribution < 1.29 is 9.84 Å². The molecule has 5 heteroatoms. The number of guanidine groups is 1. The van der Waals surface area contributed by atoms with Gasteiger partial charge in [-0.25, -0.2) is 4.99 Å². The average molecular weight is 263 g/mol. The van der Waals surface area contributed by atoms with Gasteiger partial charge in [-0.2, -0.15) is 0 Å². The van der Waals surface area contributed by atoms with Gasteiger partial charge in [0.25, 0.3) is 0 Å². The summed E-state index contributed by atoms with van der Waals surface area (Å²) in [6.07, 6.45) is 1.76. The molecule has 5 nitrogen and oxygen atoms in total. The zero-order valence-electron chi connectivity index (χ0n) is 11.4. The summed E-state index contributed by atoms with van der Waals surface area (Å²) in [6.45, 7) is 7.42. The van der Waals surface area contributed by atoms with Crippen LogP contribution in [0.1, 0.15) is 12.5 Å². The van der Waals surface area contributed by atoms with Gasteiger partial charge in [-0.3, -0.25) is 0 Å². The van der Waals surface area contributed by atoms with Gasteiger partial charge in [0.2, 0.25) is 0 Å². The summed E-state index contributed by atoms with van der Waals surface area (Å²) >= 11 is 0. The maximum atomic E-state index is 9.96. The second kappa shape index (κ2) is 8.02. The molecule has 0 atom stereocenters. The number of phenols is 1. The molecule has 0 aliphatic heterocycles. The third-order valence-electron chi connectivity index (χ3n) is 2.47. The van der Waals surface area contributed by atoms with Crippen molar-refractivity contribution in [2.75, 3.05) is 20.2 Å². The maximum Gasteiger partial charge on any atom is 0.191 e. The first-order valence-electron chi connectivity index (χ1n) is 6.20. The fraction of sp³-hybridized carbons (Fsp3) is 0.357. The Balaban J connectivity index is 2.78. The van der Waals surface area contributed by atoms with E-state index in [2.05, 4.69) is 22.2 Å². The molecule has 1 rings (SSSR count). The van der Waals surface area contributed by atoms with Crippen molar-refractivity contribution in [3.05, 3.63) is 36.4 Å². The summed E-state index contributed by atoms with van der Waals surface area (Å²) in [7, 11) is 1.53. The van der Waals surface area contributed by atoms with E-state index in [-0.39, 0.29) is 5.75 Å². The maximum absolute atomic E-state index is 9.96. The Kier molecular flexibility index (Phi) is 6.29. The fourth-order valence-electron chi connectivity index (χ4n) is 1.53. The van der Waals surface area contributed by atoms with Crippen LogP contribution in [0.4, 0.5) is 0 Å². The highest BCUT2D eigenvalue weighted by Gasteiger charge is 2.06. The van der Waals surface area contributed by atoms with Crippen molar-refractivity contribution in [1.82, 2.24) is 10.6 Å². The Morgan fingerprint density at radius 1 is 1.47 bits per heavy atom. The molecule has 0 aromatic heterocycles. The Morgan fingerprint density at radius 3 is 2.89 bits per heavy atom. The molecule has 104 valence electrons. The van der Waals surface area contributed by atoms with Crippen LogP contribution in [0.15, 0.2) is 35.8 Å². The summed E-state index contributed by atoms with van der Waals surface area (Å²) in [4.78, 5) is 4.39. The van der Waals surface area contributed by atoms with E-state index >= 15 is 0 Å². The molecule has 19 heavy (non-hydrogen) atoms. The van der Waals surface area contributed by atoms with E-state index < -0.39 is 0 Å². The van der Waals surface area contributed by atoms with Gasteiger partial charge < -0.3 is 20.5 Å². The van der Waals surface area contributed by atoms with E-state index in [4.69, 9.17) is 4.74 Å². The topological polar surface area (TPSA) is 65.9 Å². The highest BCUT2D eigenvalue weighted by molar-refractivity contribution is 5.79. The van der Waals surface area contributed by atoms with Gasteiger partial charge in [0.1, 0.15) is 0 Å². The quantitative estimate of drug-likeness (QED) is 0.415. The minimum absolute atomic E-state index is 0.133. The van der Waals surface area contributed by atoms with Crippen LogP contribution in [0.5, 0.6) is 11.5 Å². The second-order valence-electron chi connectivity index (χ2n) is 3.83. The SMILES string of the molecule is C=CCNC(=NCc1cccc(OC)c1O)NCC. The highest BCUT2D eigenvalue weighted by atomic mass is 16.5. The van der Waals surface area contributed by atoms with Crippen molar-refractivity contribution in [2.45, 2.75) is 13.5 Å². The Morgan fingerprint density at radius 2 is 2.26 bits per heavy atom. The molecule has 0 unspecified atom stereocenters. The van der Waals surface area contributed by atoms with Gasteiger partial charge in [0.05, 0.1) is 13.7 Å². The van der Waals surface area contributed by atoms with Crippen molar-refractivity contribution in [3.63, 3.8) is 0 Å². The normalized spacial score (nSPS) is 10.9. The van der Waals surface area contributed by atoms with Gasteiger partial charge in [-0.05, 0) is 13.0 Å². The van der Waals surface area contributed by atoms with Gasteiger partial charge in [0, 0.05) is 18.7 Å². The Labute approximate surface area is 114 Å². The molecule has 0 heterocycles. The van der Waals surface area contributed by atoms with Gasteiger partial charge in [0.15, 0.2) is 17.5 Å². The van der Waals surface area contributed by atoms with Crippen molar-refractivity contribution in [3.8, 4) is 11.5 Å². The number of nitrogens with one attached hydrogen (secondary N) is 2. The number of benzene rings is 1. The number of ether oxygens (including phenoxy) is 1. The molecule has 0 saturated heterocycles. The Hall–Kier alpha value is -2.17. The molecular weight excluding hydrogens is 242 g/mol. The molecule has 0 radical (unpaired) electrons. The minimum Gasteiger partial charge on any atom is -0.504 e. The van der Waals surface area contributed by atoms with E-state index in [0.29, 0.717) is 24.8 Å². The number of nitrogens with zero attached hydrogens (tertiary/aromatic N) is 1. The van der Waals surface area contributed by atoms with E-state index in [1.807, 2.05) is 19.1 Å². The Bertz CT molecular complexity index is 444. The van der Waals surface area contributed by atoms with Crippen LogP contribution >= 0.6 is 0 Å². The first-order chi connectivity index (χ1) is 9.22. The van der Waals surface area contributed by atoms with Crippen LogP contribution in [0, 0.1) is 0 Å². The summed E-state index contributed by atoms with van der Waals surface area (Å²) in [5.74, 6) is 1.27. The predicted molar refractivity (Wildman–Crippen MR) is 77.7 cm³/mol. The number of aliphatic imine (C=N–C) groups is 1. The van der Waals surface area contributed by atoms with Crippen LogP contribution in [-0.4, -0.2) is 31.3 Å². The van der Waals surface area contributed by atoms with Gasteiger partial charge in [-0.15, -0.1) is 6.58 Å². The number of phenolic OH excluding ortho intramolecular Hbond substituents is 1. The molecule has 0 saturated carbocycles. The van der Waals surface area contributed by atoms with Crippen LogP contribution in [0.2, 0.25) is 0 Å². The molecule has 1 aromatic carbocycles. The number of aromatic hydroxyl groups is 1. The zero-order chi connectivity index (χ0) is 14.1. The molecule has 0 aliphatic carbocycles. The van der Waals surface area contributed by atoms with E-state index in [1.54, 1.807) is 12.1 Å². The van der Waals surface area contributed by atoms with Gasteiger partial charge >= 0.3 is 0 Å². The van der Waals surface area contributed by atoms with Crippen LogP contribution in [0.25, 0.3) is 0 Å². The number of methoxy groups -OCH3 is 1. The zero-order valence-corrected chi connectivity index (χ0v) is 11.4.